The Morgan fingerprint density at radius 1 is 1.39 bits per heavy atom. The molecule has 1 aromatic rings. The lowest BCUT2D eigenvalue weighted by Crippen LogP contribution is -2.33. The maximum Gasteiger partial charge on any atom is 0.254 e. The Morgan fingerprint density at radius 2 is 2.00 bits per heavy atom. The standard InChI is InChI=1S/C15H21NO2/c1-4-9-16(10-11-17)15(18)14-7-5-13(6-8-14)12(2)3/h4-8,12,17H,1,9-11H2,2-3H3. The summed E-state index contributed by atoms with van der Waals surface area (Å²) in [5, 5.41) is 8.95. The molecule has 0 aliphatic carbocycles. The molecular formula is C15H21NO2. The van der Waals surface area contributed by atoms with Crippen molar-refractivity contribution >= 4 is 5.91 Å². The van der Waals surface area contributed by atoms with Gasteiger partial charge in [0.2, 0.25) is 0 Å². The van der Waals surface area contributed by atoms with E-state index in [1.54, 1.807) is 11.0 Å². The van der Waals surface area contributed by atoms with Gasteiger partial charge in [-0.2, -0.15) is 0 Å². The van der Waals surface area contributed by atoms with Crippen molar-refractivity contribution in [2.75, 3.05) is 19.7 Å². The molecule has 0 fully saturated rings. The summed E-state index contributed by atoms with van der Waals surface area (Å²) in [5.41, 5.74) is 1.86. The van der Waals surface area contributed by atoms with Crippen LogP contribution in [0.4, 0.5) is 0 Å². The van der Waals surface area contributed by atoms with Crippen molar-refractivity contribution in [3.63, 3.8) is 0 Å². The van der Waals surface area contributed by atoms with Crippen LogP contribution in [0.15, 0.2) is 36.9 Å². The van der Waals surface area contributed by atoms with Crippen LogP contribution in [0.25, 0.3) is 0 Å². The van der Waals surface area contributed by atoms with Crippen LogP contribution in [-0.4, -0.2) is 35.6 Å². The van der Waals surface area contributed by atoms with Gasteiger partial charge >= 0.3 is 0 Å². The summed E-state index contributed by atoms with van der Waals surface area (Å²) >= 11 is 0. The van der Waals surface area contributed by atoms with Gasteiger partial charge in [-0.3, -0.25) is 4.79 Å². The van der Waals surface area contributed by atoms with Crippen molar-refractivity contribution in [1.29, 1.82) is 0 Å². The topological polar surface area (TPSA) is 40.5 Å². The maximum absolute atomic E-state index is 12.2. The molecule has 0 bridgehead atoms. The molecule has 0 spiro atoms. The van der Waals surface area contributed by atoms with Crippen LogP contribution in [0, 0.1) is 0 Å². The fraction of sp³-hybridized carbons (Fsp3) is 0.400. The van der Waals surface area contributed by atoms with E-state index in [0.29, 0.717) is 24.6 Å². The highest BCUT2D eigenvalue weighted by molar-refractivity contribution is 5.94. The summed E-state index contributed by atoms with van der Waals surface area (Å²) in [6.45, 7) is 8.60. The first kappa shape index (κ1) is 14.5. The van der Waals surface area contributed by atoms with Gasteiger partial charge in [0.15, 0.2) is 0 Å². The van der Waals surface area contributed by atoms with E-state index in [2.05, 4.69) is 20.4 Å². The van der Waals surface area contributed by atoms with Crippen LogP contribution < -0.4 is 0 Å². The number of aliphatic hydroxyl groups is 1. The number of benzene rings is 1. The molecule has 1 amide bonds. The predicted molar refractivity (Wildman–Crippen MR) is 73.7 cm³/mol. The van der Waals surface area contributed by atoms with E-state index in [0.717, 1.165) is 0 Å². The number of nitrogens with zero attached hydrogens (tertiary/aromatic N) is 1. The van der Waals surface area contributed by atoms with Crippen LogP contribution in [0.1, 0.15) is 35.7 Å². The zero-order valence-electron chi connectivity index (χ0n) is 11.1. The van der Waals surface area contributed by atoms with Gasteiger partial charge in [0.05, 0.1) is 6.61 Å². The van der Waals surface area contributed by atoms with Gasteiger partial charge in [-0.1, -0.05) is 32.1 Å². The normalized spacial score (nSPS) is 10.4. The SMILES string of the molecule is C=CCN(CCO)C(=O)c1ccc(C(C)C)cc1. The zero-order valence-corrected chi connectivity index (χ0v) is 11.1. The average molecular weight is 247 g/mol. The summed E-state index contributed by atoms with van der Waals surface area (Å²) in [4.78, 5) is 13.8. The number of carbonyl (C=O) groups is 1. The Balaban J connectivity index is 2.84. The fourth-order valence-corrected chi connectivity index (χ4v) is 1.75. The molecule has 0 atom stereocenters. The highest BCUT2D eigenvalue weighted by Gasteiger charge is 2.13. The van der Waals surface area contributed by atoms with Crippen molar-refractivity contribution in [1.82, 2.24) is 4.90 Å². The van der Waals surface area contributed by atoms with E-state index in [1.165, 1.54) is 5.56 Å². The van der Waals surface area contributed by atoms with Gasteiger partial charge in [0.25, 0.3) is 5.91 Å². The van der Waals surface area contributed by atoms with E-state index in [1.807, 2.05) is 24.3 Å². The Bertz CT molecular complexity index is 395. The van der Waals surface area contributed by atoms with Gasteiger partial charge in [0, 0.05) is 18.7 Å². The van der Waals surface area contributed by atoms with E-state index in [4.69, 9.17) is 5.11 Å². The summed E-state index contributed by atoms with van der Waals surface area (Å²) in [6, 6.07) is 7.63. The minimum absolute atomic E-state index is 0.0380. The molecular weight excluding hydrogens is 226 g/mol. The van der Waals surface area contributed by atoms with Gasteiger partial charge in [-0.25, -0.2) is 0 Å². The predicted octanol–water partition coefficient (Wildman–Crippen LogP) is 2.43. The monoisotopic (exact) mass is 247 g/mol. The first-order valence-corrected chi connectivity index (χ1v) is 6.21. The Hall–Kier alpha value is -1.61. The minimum Gasteiger partial charge on any atom is -0.395 e. The molecule has 0 aliphatic heterocycles. The molecule has 98 valence electrons. The smallest absolute Gasteiger partial charge is 0.254 e. The molecule has 0 aliphatic rings. The summed E-state index contributed by atoms with van der Waals surface area (Å²) in [7, 11) is 0. The average Bonchev–Trinajstić information content (AvgIpc) is 2.38. The number of rotatable bonds is 6. The molecule has 0 radical (unpaired) electrons. The molecule has 1 N–H and O–H groups in total. The second-order valence-electron chi connectivity index (χ2n) is 4.54. The van der Waals surface area contributed by atoms with Crippen LogP contribution >= 0.6 is 0 Å². The number of amides is 1. The maximum atomic E-state index is 12.2. The van der Waals surface area contributed by atoms with Crippen LogP contribution in [0.2, 0.25) is 0 Å². The summed E-state index contributed by atoms with van der Waals surface area (Å²) in [6.07, 6.45) is 1.66. The third kappa shape index (κ3) is 3.70. The second-order valence-corrected chi connectivity index (χ2v) is 4.54. The largest absolute Gasteiger partial charge is 0.395 e. The van der Waals surface area contributed by atoms with E-state index >= 15 is 0 Å². The van der Waals surface area contributed by atoms with Crippen LogP contribution in [0.3, 0.4) is 0 Å². The number of hydrogen-bond donors (Lipinski definition) is 1. The van der Waals surface area contributed by atoms with E-state index in [9.17, 15) is 4.79 Å². The van der Waals surface area contributed by atoms with Gasteiger partial charge < -0.3 is 10.0 Å². The second kappa shape index (κ2) is 6.97. The molecule has 3 nitrogen and oxygen atoms in total. The fourth-order valence-electron chi connectivity index (χ4n) is 1.75. The Kier molecular flexibility index (Phi) is 5.59. The van der Waals surface area contributed by atoms with Crippen molar-refractivity contribution in [3.8, 4) is 0 Å². The Morgan fingerprint density at radius 3 is 2.44 bits per heavy atom. The summed E-state index contributed by atoms with van der Waals surface area (Å²) < 4.78 is 0. The van der Waals surface area contributed by atoms with Gasteiger partial charge in [0.1, 0.15) is 0 Å². The van der Waals surface area contributed by atoms with Crippen LogP contribution in [-0.2, 0) is 0 Å². The summed E-state index contributed by atoms with van der Waals surface area (Å²) in [5.74, 6) is 0.384. The van der Waals surface area contributed by atoms with Crippen molar-refractivity contribution in [3.05, 3.63) is 48.0 Å². The molecule has 0 heterocycles. The van der Waals surface area contributed by atoms with Gasteiger partial charge in [-0.05, 0) is 23.6 Å². The van der Waals surface area contributed by atoms with E-state index < -0.39 is 0 Å². The Labute approximate surface area is 109 Å². The third-order valence-electron chi connectivity index (χ3n) is 2.83. The zero-order chi connectivity index (χ0) is 13.5. The molecule has 0 aromatic heterocycles. The number of aliphatic hydroxyl groups excluding tert-OH is 1. The molecule has 0 saturated carbocycles. The molecule has 18 heavy (non-hydrogen) atoms. The molecule has 0 saturated heterocycles. The lowest BCUT2D eigenvalue weighted by molar-refractivity contribution is 0.0743. The minimum atomic E-state index is -0.0701. The van der Waals surface area contributed by atoms with Crippen molar-refractivity contribution in [2.45, 2.75) is 19.8 Å². The van der Waals surface area contributed by atoms with Crippen molar-refractivity contribution in [2.24, 2.45) is 0 Å². The number of carbonyl (C=O) groups excluding carboxylic acids is 1. The third-order valence-corrected chi connectivity index (χ3v) is 2.83. The number of hydrogen-bond acceptors (Lipinski definition) is 2. The molecule has 3 heteroatoms. The quantitative estimate of drug-likeness (QED) is 0.784. The lowest BCUT2D eigenvalue weighted by Gasteiger charge is -2.20. The lowest BCUT2D eigenvalue weighted by atomic mass is 10.0. The highest BCUT2D eigenvalue weighted by atomic mass is 16.3. The van der Waals surface area contributed by atoms with Crippen molar-refractivity contribution < 1.29 is 9.90 Å². The van der Waals surface area contributed by atoms with Crippen LogP contribution in [0.5, 0.6) is 0 Å². The first-order chi connectivity index (χ1) is 8.60. The first-order valence-electron chi connectivity index (χ1n) is 6.21. The van der Waals surface area contributed by atoms with Gasteiger partial charge in [-0.15, -0.1) is 6.58 Å². The molecule has 1 rings (SSSR count). The van der Waals surface area contributed by atoms with E-state index in [-0.39, 0.29) is 12.5 Å². The highest BCUT2D eigenvalue weighted by Crippen LogP contribution is 2.15. The molecule has 1 aromatic carbocycles. The molecule has 0 unspecified atom stereocenters.